The molecule has 3 rings (SSSR count). The van der Waals surface area contributed by atoms with Crippen molar-refractivity contribution < 1.29 is 9.84 Å². The highest BCUT2D eigenvalue weighted by atomic mass is 16.5. The largest absolute Gasteiger partial charge is 0.425 e. The number of aliphatic hydroxyl groups excluding tert-OH is 1. The molecular weight excluding hydrogens is 270 g/mol. The zero-order valence-electron chi connectivity index (χ0n) is 11.0. The third-order valence-corrected chi connectivity index (χ3v) is 3.06. The number of nitrogens with one attached hydrogen (secondary N) is 1. The number of fused-ring (bicyclic) bond motifs is 1. The Morgan fingerprint density at radius 3 is 2.86 bits per heavy atom. The number of H-pyrrole nitrogens is 1. The summed E-state index contributed by atoms with van der Waals surface area (Å²) in [6, 6.07) is 11.9. The normalized spacial score (nSPS) is 10.7. The first kappa shape index (κ1) is 13.1. The van der Waals surface area contributed by atoms with Gasteiger partial charge in [-0.05, 0) is 24.3 Å². The quantitative estimate of drug-likeness (QED) is 0.636. The molecule has 1 heterocycles. The maximum atomic E-state index is 12.0. The Morgan fingerprint density at radius 2 is 2.05 bits per heavy atom. The number of aromatic nitrogens is 2. The lowest BCUT2D eigenvalue weighted by Gasteiger charge is -2.08. The van der Waals surface area contributed by atoms with Gasteiger partial charge >= 0.3 is 6.01 Å². The highest BCUT2D eigenvalue weighted by molar-refractivity contribution is 5.81. The smallest absolute Gasteiger partial charge is 0.302 e. The molecule has 6 nitrogen and oxygen atoms in total. The highest BCUT2D eigenvalue weighted by Crippen LogP contribution is 2.23. The third-order valence-electron chi connectivity index (χ3n) is 3.06. The van der Waals surface area contributed by atoms with E-state index in [1.165, 1.54) is 0 Å². The van der Waals surface area contributed by atoms with Crippen LogP contribution in [-0.4, -0.2) is 15.1 Å². The molecule has 0 saturated heterocycles. The number of benzene rings is 2. The molecule has 3 aromatic rings. The maximum Gasteiger partial charge on any atom is 0.302 e. The first-order valence-electron chi connectivity index (χ1n) is 6.33. The summed E-state index contributed by atoms with van der Waals surface area (Å²) in [7, 11) is 0. The van der Waals surface area contributed by atoms with Gasteiger partial charge in [0.2, 0.25) is 0 Å². The van der Waals surface area contributed by atoms with E-state index in [4.69, 9.17) is 10.5 Å². The summed E-state index contributed by atoms with van der Waals surface area (Å²) in [6.07, 6.45) is 0. The zero-order chi connectivity index (χ0) is 14.8. The van der Waals surface area contributed by atoms with E-state index in [1.807, 2.05) is 0 Å². The second-order valence-electron chi connectivity index (χ2n) is 4.52. The Bertz CT molecular complexity index is 858. The van der Waals surface area contributed by atoms with E-state index in [9.17, 15) is 9.90 Å². The molecule has 0 fully saturated rings. The van der Waals surface area contributed by atoms with Gasteiger partial charge in [-0.2, -0.15) is 4.98 Å². The predicted octanol–water partition coefficient (Wildman–Crippen LogP) is 1.79. The summed E-state index contributed by atoms with van der Waals surface area (Å²) in [6.45, 7) is -0.162. The molecule has 2 aromatic carbocycles. The van der Waals surface area contributed by atoms with Gasteiger partial charge in [0.1, 0.15) is 5.75 Å². The lowest BCUT2D eigenvalue weighted by atomic mass is 10.2. The molecule has 0 amide bonds. The van der Waals surface area contributed by atoms with E-state index in [1.54, 1.807) is 42.5 Å². The van der Waals surface area contributed by atoms with Gasteiger partial charge in [-0.3, -0.25) is 9.78 Å². The van der Waals surface area contributed by atoms with Crippen LogP contribution in [0.1, 0.15) is 5.56 Å². The number of nitrogens with two attached hydrogens (primary N) is 1. The predicted molar refractivity (Wildman–Crippen MR) is 79.2 cm³/mol. The van der Waals surface area contributed by atoms with Crippen molar-refractivity contribution in [2.45, 2.75) is 6.61 Å². The van der Waals surface area contributed by atoms with E-state index in [0.717, 1.165) is 0 Å². The number of hydrogen-bond donors (Lipinski definition) is 3. The van der Waals surface area contributed by atoms with Crippen LogP contribution in [0.2, 0.25) is 0 Å². The summed E-state index contributed by atoms with van der Waals surface area (Å²) < 4.78 is 5.56. The summed E-state index contributed by atoms with van der Waals surface area (Å²) >= 11 is 0. The molecular formula is C15H13N3O3. The van der Waals surface area contributed by atoms with Crippen LogP contribution >= 0.6 is 0 Å². The third kappa shape index (κ3) is 2.56. The van der Waals surface area contributed by atoms with E-state index in [0.29, 0.717) is 27.9 Å². The van der Waals surface area contributed by atoms with Crippen LogP contribution in [0.25, 0.3) is 10.9 Å². The van der Waals surface area contributed by atoms with Gasteiger partial charge in [-0.1, -0.05) is 18.2 Å². The number of ether oxygens (including phenoxy) is 1. The number of aromatic amines is 1. The van der Waals surface area contributed by atoms with Crippen LogP contribution in [-0.2, 0) is 6.61 Å². The van der Waals surface area contributed by atoms with Crippen LogP contribution in [0.5, 0.6) is 11.8 Å². The Hall–Kier alpha value is -2.86. The first-order chi connectivity index (χ1) is 10.2. The molecule has 0 saturated carbocycles. The van der Waals surface area contributed by atoms with Crippen molar-refractivity contribution in [3.05, 3.63) is 58.4 Å². The number of rotatable bonds is 3. The standard InChI is InChI=1S/C15H13N3O3/c16-10-5-6-12-11(7-10)14(20)18-15(17-12)21-13-4-2-1-3-9(13)8-19/h1-7,19H,8,16H2,(H,17,18,20). The molecule has 0 spiro atoms. The zero-order valence-corrected chi connectivity index (χ0v) is 11.0. The van der Waals surface area contributed by atoms with Crippen molar-refractivity contribution in [1.29, 1.82) is 0 Å². The van der Waals surface area contributed by atoms with Gasteiger partial charge in [0.05, 0.1) is 17.5 Å². The van der Waals surface area contributed by atoms with Crippen molar-refractivity contribution in [3.8, 4) is 11.8 Å². The summed E-state index contributed by atoms with van der Waals surface area (Å²) in [5.74, 6) is 0.443. The average Bonchev–Trinajstić information content (AvgIpc) is 2.49. The van der Waals surface area contributed by atoms with Crippen LogP contribution < -0.4 is 16.0 Å². The molecule has 0 bridgehead atoms. The van der Waals surface area contributed by atoms with Gasteiger partial charge in [0.25, 0.3) is 5.56 Å². The minimum atomic E-state index is -0.330. The Kier molecular flexibility index (Phi) is 3.29. The molecule has 0 atom stereocenters. The lowest BCUT2D eigenvalue weighted by molar-refractivity contribution is 0.275. The Balaban J connectivity index is 2.05. The fraction of sp³-hybridized carbons (Fsp3) is 0.0667. The van der Waals surface area contributed by atoms with Crippen LogP contribution in [0.3, 0.4) is 0 Å². The van der Waals surface area contributed by atoms with Crippen molar-refractivity contribution in [1.82, 2.24) is 9.97 Å². The van der Waals surface area contributed by atoms with Gasteiger partial charge in [-0.15, -0.1) is 0 Å². The molecule has 4 N–H and O–H groups in total. The average molecular weight is 283 g/mol. The number of nitrogen functional groups attached to an aromatic ring is 1. The Morgan fingerprint density at radius 1 is 1.24 bits per heavy atom. The minimum Gasteiger partial charge on any atom is -0.425 e. The fourth-order valence-electron chi connectivity index (χ4n) is 2.02. The van der Waals surface area contributed by atoms with Crippen molar-refractivity contribution >= 4 is 16.6 Å². The summed E-state index contributed by atoms with van der Waals surface area (Å²) in [5, 5.41) is 9.67. The second kappa shape index (κ2) is 5.26. The molecule has 0 aliphatic carbocycles. The van der Waals surface area contributed by atoms with E-state index < -0.39 is 0 Å². The number of hydrogen-bond acceptors (Lipinski definition) is 5. The van der Waals surface area contributed by atoms with E-state index in [-0.39, 0.29) is 18.2 Å². The fourth-order valence-corrected chi connectivity index (χ4v) is 2.02. The first-order valence-corrected chi connectivity index (χ1v) is 6.33. The number of aliphatic hydroxyl groups is 1. The van der Waals surface area contributed by atoms with Gasteiger partial charge < -0.3 is 15.6 Å². The lowest BCUT2D eigenvalue weighted by Crippen LogP contribution is -2.10. The molecule has 1 aromatic heterocycles. The molecule has 0 unspecified atom stereocenters. The monoisotopic (exact) mass is 283 g/mol. The molecule has 0 aliphatic rings. The van der Waals surface area contributed by atoms with E-state index >= 15 is 0 Å². The highest BCUT2D eigenvalue weighted by Gasteiger charge is 2.08. The maximum absolute atomic E-state index is 12.0. The van der Waals surface area contributed by atoms with Crippen molar-refractivity contribution in [2.75, 3.05) is 5.73 Å². The Labute approximate surface area is 119 Å². The topological polar surface area (TPSA) is 101 Å². The van der Waals surface area contributed by atoms with Crippen molar-refractivity contribution in [2.24, 2.45) is 0 Å². The molecule has 6 heteroatoms. The molecule has 0 aliphatic heterocycles. The van der Waals surface area contributed by atoms with Crippen LogP contribution in [0.15, 0.2) is 47.3 Å². The number of anilines is 1. The SMILES string of the molecule is Nc1ccc2nc(Oc3ccccc3CO)[nH]c(=O)c2c1. The summed E-state index contributed by atoms with van der Waals surface area (Å²) in [5.41, 5.74) is 6.92. The van der Waals surface area contributed by atoms with Gasteiger partial charge in [0.15, 0.2) is 0 Å². The minimum absolute atomic E-state index is 0.0678. The molecule has 0 radical (unpaired) electrons. The summed E-state index contributed by atoms with van der Waals surface area (Å²) in [4.78, 5) is 18.8. The number of para-hydroxylation sites is 1. The van der Waals surface area contributed by atoms with Crippen molar-refractivity contribution in [3.63, 3.8) is 0 Å². The second-order valence-corrected chi connectivity index (χ2v) is 4.52. The number of nitrogens with zero attached hydrogens (tertiary/aromatic N) is 1. The van der Waals surface area contributed by atoms with E-state index in [2.05, 4.69) is 9.97 Å². The van der Waals surface area contributed by atoms with Gasteiger partial charge in [0, 0.05) is 11.3 Å². The molecule has 106 valence electrons. The van der Waals surface area contributed by atoms with Gasteiger partial charge in [-0.25, -0.2) is 0 Å². The van der Waals surface area contributed by atoms with Crippen LogP contribution in [0, 0.1) is 0 Å². The van der Waals surface area contributed by atoms with Crippen LogP contribution in [0.4, 0.5) is 5.69 Å². The molecule has 21 heavy (non-hydrogen) atoms.